The SMILES string of the molecule is O=C(O)CCN(CCOCCO)C(=O)Cc1cccs1. The minimum atomic E-state index is -0.935. The predicted molar refractivity (Wildman–Crippen MR) is 74.8 cm³/mol. The van der Waals surface area contributed by atoms with E-state index < -0.39 is 5.97 Å². The van der Waals surface area contributed by atoms with Gasteiger partial charge in [0.15, 0.2) is 0 Å². The lowest BCUT2D eigenvalue weighted by atomic mass is 10.3. The summed E-state index contributed by atoms with van der Waals surface area (Å²) < 4.78 is 5.12. The third-order valence-corrected chi connectivity index (χ3v) is 3.47. The lowest BCUT2D eigenvalue weighted by Gasteiger charge is -2.21. The number of carbonyl (C=O) groups is 2. The number of aliphatic hydroxyl groups excluding tert-OH is 1. The number of thiophene rings is 1. The van der Waals surface area contributed by atoms with Crippen LogP contribution in [0, 0.1) is 0 Å². The van der Waals surface area contributed by atoms with Gasteiger partial charge in [-0.05, 0) is 11.4 Å². The Morgan fingerprint density at radius 2 is 2.10 bits per heavy atom. The molecule has 2 N–H and O–H groups in total. The quantitative estimate of drug-likeness (QED) is 0.618. The van der Waals surface area contributed by atoms with Crippen LogP contribution in [0.2, 0.25) is 0 Å². The molecule has 1 amide bonds. The molecular formula is C13H19NO5S. The topological polar surface area (TPSA) is 87.1 Å². The zero-order chi connectivity index (χ0) is 14.8. The number of ether oxygens (including phenoxy) is 1. The smallest absolute Gasteiger partial charge is 0.305 e. The van der Waals surface area contributed by atoms with Crippen molar-refractivity contribution >= 4 is 23.2 Å². The van der Waals surface area contributed by atoms with E-state index in [-0.39, 0.29) is 45.1 Å². The molecule has 0 aromatic carbocycles. The van der Waals surface area contributed by atoms with Crippen LogP contribution >= 0.6 is 11.3 Å². The van der Waals surface area contributed by atoms with Crippen molar-refractivity contribution in [1.29, 1.82) is 0 Å². The van der Waals surface area contributed by atoms with Crippen LogP contribution in [0.1, 0.15) is 11.3 Å². The first kappa shape index (κ1) is 16.6. The molecule has 0 saturated carbocycles. The van der Waals surface area contributed by atoms with Crippen LogP contribution in [-0.4, -0.2) is 59.9 Å². The first-order chi connectivity index (χ1) is 9.63. The van der Waals surface area contributed by atoms with E-state index in [1.807, 2.05) is 17.5 Å². The van der Waals surface area contributed by atoms with Crippen LogP contribution in [0.25, 0.3) is 0 Å². The molecule has 7 heteroatoms. The van der Waals surface area contributed by atoms with Gasteiger partial charge in [-0.3, -0.25) is 9.59 Å². The lowest BCUT2D eigenvalue weighted by molar-refractivity contribution is -0.138. The van der Waals surface area contributed by atoms with E-state index in [1.54, 1.807) is 0 Å². The molecule has 1 aromatic heterocycles. The summed E-state index contributed by atoms with van der Waals surface area (Å²) in [4.78, 5) is 25.2. The van der Waals surface area contributed by atoms with Crippen molar-refractivity contribution in [2.45, 2.75) is 12.8 Å². The molecule has 112 valence electrons. The van der Waals surface area contributed by atoms with Crippen molar-refractivity contribution in [3.8, 4) is 0 Å². The molecule has 0 aliphatic heterocycles. The number of rotatable bonds is 10. The van der Waals surface area contributed by atoms with Gasteiger partial charge >= 0.3 is 5.97 Å². The summed E-state index contributed by atoms with van der Waals surface area (Å²) in [5.41, 5.74) is 0. The summed E-state index contributed by atoms with van der Waals surface area (Å²) in [6.07, 6.45) is 0.188. The van der Waals surface area contributed by atoms with Crippen molar-refractivity contribution in [2.75, 3.05) is 32.9 Å². The van der Waals surface area contributed by atoms with Crippen LogP contribution in [0.3, 0.4) is 0 Å². The number of carboxylic acid groups (broad SMARTS) is 1. The molecule has 1 heterocycles. The van der Waals surface area contributed by atoms with Gasteiger partial charge in [-0.25, -0.2) is 0 Å². The van der Waals surface area contributed by atoms with Gasteiger partial charge in [-0.2, -0.15) is 0 Å². The molecule has 0 atom stereocenters. The van der Waals surface area contributed by atoms with Crippen LogP contribution in [0.4, 0.5) is 0 Å². The van der Waals surface area contributed by atoms with Crippen LogP contribution in [0.15, 0.2) is 17.5 Å². The largest absolute Gasteiger partial charge is 0.481 e. The second-order valence-corrected chi connectivity index (χ2v) is 5.15. The Hall–Kier alpha value is -1.44. The van der Waals surface area contributed by atoms with Gasteiger partial charge in [0.25, 0.3) is 0 Å². The fourth-order valence-electron chi connectivity index (χ4n) is 1.61. The van der Waals surface area contributed by atoms with Gasteiger partial charge in [-0.1, -0.05) is 6.07 Å². The maximum Gasteiger partial charge on any atom is 0.305 e. The van der Waals surface area contributed by atoms with Crippen LogP contribution in [0.5, 0.6) is 0 Å². The van der Waals surface area contributed by atoms with Gasteiger partial charge in [-0.15, -0.1) is 11.3 Å². The first-order valence-corrected chi connectivity index (χ1v) is 7.22. The molecule has 0 radical (unpaired) electrons. The Balaban J connectivity index is 2.46. The van der Waals surface area contributed by atoms with E-state index >= 15 is 0 Å². The molecule has 6 nitrogen and oxygen atoms in total. The molecule has 0 bridgehead atoms. The van der Waals surface area contributed by atoms with Crippen LogP contribution < -0.4 is 0 Å². The fourth-order valence-corrected chi connectivity index (χ4v) is 2.30. The molecule has 0 fully saturated rings. The highest BCUT2D eigenvalue weighted by Gasteiger charge is 2.15. The maximum atomic E-state index is 12.1. The van der Waals surface area contributed by atoms with E-state index in [9.17, 15) is 9.59 Å². The van der Waals surface area contributed by atoms with E-state index in [0.717, 1.165) is 4.88 Å². The summed E-state index contributed by atoms with van der Waals surface area (Å²) >= 11 is 1.50. The summed E-state index contributed by atoms with van der Waals surface area (Å²) in [5.74, 6) is -1.04. The lowest BCUT2D eigenvalue weighted by Crippen LogP contribution is -2.36. The second-order valence-electron chi connectivity index (χ2n) is 4.12. The average molecular weight is 301 g/mol. The molecular weight excluding hydrogens is 282 g/mol. The Morgan fingerprint density at radius 3 is 2.70 bits per heavy atom. The van der Waals surface area contributed by atoms with E-state index in [0.29, 0.717) is 6.54 Å². The van der Waals surface area contributed by atoms with Gasteiger partial charge < -0.3 is 19.8 Å². The minimum Gasteiger partial charge on any atom is -0.481 e. The Kier molecular flexibility index (Phi) is 7.86. The molecule has 0 unspecified atom stereocenters. The van der Waals surface area contributed by atoms with Crippen molar-refractivity contribution in [2.24, 2.45) is 0 Å². The van der Waals surface area contributed by atoms with Crippen molar-refractivity contribution in [3.63, 3.8) is 0 Å². The van der Waals surface area contributed by atoms with Gasteiger partial charge in [0.1, 0.15) is 0 Å². The minimum absolute atomic E-state index is 0.0712. The summed E-state index contributed by atoms with van der Waals surface area (Å²) in [6, 6.07) is 3.75. The second kappa shape index (κ2) is 9.46. The molecule has 0 saturated heterocycles. The number of hydrogen-bond donors (Lipinski definition) is 2. The molecule has 1 rings (SSSR count). The van der Waals surface area contributed by atoms with Crippen molar-refractivity contribution < 1.29 is 24.5 Å². The highest BCUT2D eigenvalue weighted by molar-refractivity contribution is 7.10. The molecule has 0 spiro atoms. The number of nitrogens with zero attached hydrogens (tertiary/aromatic N) is 1. The monoisotopic (exact) mass is 301 g/mol. The molecule has 0 aliphatic rings. The predicted octanol–water partition coefficient (Wildman–Crippen LogP) is 0.603. The zero-order valence-corrected chi connectivity index (χ0v) is 12.0. The summed E-state index contributed by atoms with van der Waals surface area (Å²) in [7, 11) is 0. The van der Waals surface area contributed by atoms with E-state index in [2.05, 4.69) is 0 Å². The van der Waals surface area contributed by atoms with Crippen LogP contribution in [-0.2, 0) is 20.7 Å². The van der Waals surface area contributed by atoms with Crippen molar-refractivity contribution in [3.05, 3.63) is 22.4 Å². The summed E-state index contributed by atoms with van der Waals surface area (Å²) in [6.45, 7) is 0.931. The highest BCUT2D eigenvalue weighted by atomic mass is 32.1. The van der Waals surface area contributed by atoms with Gasteiger partial charge in [0, 0.05) is 18.0 Å². The van der Waals surface area contributed by atoms with Gasteiger partial charge in [0.2, 0.25) is 5.91 Å². The maximum absolute atomic E-state index is 12.1. The molecule has 20 heavy (non-hydrogen) atoms. The van der Waals surface area contributed by atoms with Crippen molar-refractivity contribution in [1.82, 2.24) is 4.90 Å². The van der Waals surface area contributed by atoms with E-state index in [4.69, 9.17) is 14.9 Å². The third-order valence-electron chi connectivity index (χ3n) is 2.60. The van der Waals surface area contributed by atoms with E-state index in [1.165, 1.54) is 16.2 Å². The zero-order valence-electron chi connectivity index (χ0n) is 11.2. The number of hydrogen-bond acceptors (Lipinski definition) is 5. The molecule has 0 aliphatic carbocycles. The fraction of sp³-hybridized carbons (Fsp3) is 0.538. The normalized spacial score (nSPS) is 10.4. The third kappa shape index (κ3) is 6.65. The Morgan fingerprint density at radius 1 is 1.30 bits per heavy atom. The van der Waals surface area contributed by atoms with Gasteiger partial charge in [0.05, 0.1) is 32.7 Å². The number of amides is 1. The number of carboxylic acids is 1. The Labute approximate surface area is 121 Å². The number of aliphatic hydroxyl groups is 1. The highest BCUT2D eigenvalue weighted by Crippen LogP contribution is 2.11. The number of carbonyl (C=O) groups excluding carboxylic acids is 1. The summed E-state index contributed by atoms with van der Waals surface area (Å²) in [5, 5.41) is 19.2. The standard InChI is InChI=1S/C13H19NO5S/c15-6-8-19-7-5-14(4-3-13(17)18)12(16)10-11-2-1-9-20-11/h1-2,9,15H,3-8,10H2,(H,17,18). The average Bonchev–Trinajstić information content (AvgIpc) is 2.90. The molecule has 1 aromatic rings. The number of aliphatic carboxylic acids is 1. The first-order valence-electron chi connectivity index (χ1n) is 6.34. The Bertz CT molecular complexity index is 407.